The summed E-state index contributed by atoms with van der Waals surface area (Å²) in [4.78, 5) is 6.45. The van der Waals surface area contributed by atoms with E-state index in [9.17, 15) is 8.42 Å². The molecule has 0 amide bonds. The highest BCUT2D eigenvalue weighted by molar-refractivity contribution is 7.91. The number of aliphatic imine (C=N–C) groups is 1. The van der Waals surface area contributed by atoms with Crippen LogP contribution in [-0.4, -0.2) is 28.0 Å². The second-order valence-electron chi connectivity index (χ2n) is 5.46. The van der Waals surface area contributed by atoms with Crippen molar-refractivity contribution < 1.29 is 8.42 Å². The molecule has 2 aromatic heterocycles. The van der Waals surface area contributed by atoms with Crippen molar-refractivity contribution in [2.24, 2.45) is 16.0 Å². The minimum absolute atomic E-state index is 0.173. The number of guanidine groups is 1. The van der Waals surface area contributed by atoms with E-state index in [1.54, 1.807) is 24.5 Å². The summed E-state index contributed by atoms with van der Waals surface area (Å²) in [6, 6.07) is 7.49. The number of nitrogens with two attached hydrogens (primary N) is 1. The number of sulfonamides is 1. The molecule has 4 N–H and O–H groups in total. The second kappa shape index (κ2) is 8.61. The van der Waals surface area contributed by atoms with Crippen LogP contribution >= 0.6 is 22.7 Å². The first-order valence-electron chi connectivity index (χ1n) is 7.47. The summed E-state index contributed by atoms with van der Waals surface area (Å²) in [6.07, 6.45) is 1.03. The predicted octanol–water partition coefficient (Wildman–Crippen LogP) is 2.00. The molecule has 6 nitrogen and oxygen atoms in total. The van der Waals surface area contributed by atoms with Crippen molar-refractivity contribution in [3.8, 4) is 0 Å². The van der Waals surface area contributed by atoms with Gasteiger partial charge >= 0.3 is 0 Å². The Morgan fingerprint density at radius 1 is 1.29 bits per heavy atom. The molecule has 1 atom stereocenters. The van der Waals surface area contributed by atoms with Crippen LogP contribution in [0, 0.1) is 5.92 Å². The molecule has 0 saturated carbocycles. The minimum Gasteiger partial charge on any atom is -0.356 e. The van der Waals surface area contributed by atoms with E-state index in [0.717, 1.165) is 29.2 Å². The topological polar surface area (TPSA) is 96.6 Å². The van der Waals surface area contributed by atoms with E-state index < -0.39 is 10.0 Å². The molecule has 0 aromatic carbocycles. The number of hydrogen-bond donors (Lipinski definition) is 3. The molecule has 2 aromatic rings. The van der Waals surface area contributed by atoms with Crippen LogP contribution in [-0.2, 0) is 23.0 Å². The van der Waals surface area contributed by atoms with E-state index in [-0.39, 0.29) is 4.21 Å². The van der Waals surface area contributed by atoms with Crippen molar-refractivity contribution in [3.05, 3.63) is 39.4 Å². The average Bonchev–Trinajstić information content (AvgIpc) is 3.18. The fourth-order valence-corrected chi connectivity index (χ4v) is 4.70. The van der Waals surface area contributed by atoms with Crippen molar-refractivity contribution in [3.63, 3.8) is 0 Å². The van der Waals surface area contributed by atoms with Gasteiger partial charge in [-0.25, -0.2) is 13.6 Å². The van der Waals surface area contributed by atoms with Crippen molar-refractivity contribution in [2.45, 2.75) is 24.1 Å². The maximum absolute atomic E-state index is 11.3. The van der Waals surface area contributed by atoms with E-state index in [1.807, 2.05) is 0 Å². The van der Waals surface area contributed by atoms with Crippen LogP contribution in [0.3, 0.4) is 0 Å². The van der Waals surface area contributed by atoms with Gasteiger partial charge in [0.15, 0.2) is 5.96 Å². The lowest BCUT2D eigenvalue weighted by atomic mass is 10.1. The van der Waals surface area contributed by atoms with Crippen LogP contribution in [0.25, 0.3) is 0 Å². The fourth-order valence-electron chi connectivity index (χ4n) is 2.11. The molecular weight excluding hydrogens is 364 g/mol. The summed E-state index contributed by atoms with van der Waals surface area (Å²) >= 11 is 2.93. The lowest BCUT2D eigenvalue weighted by Gasteiger charge is -2.15. The highest BCUT2D eigenvalue weighted by Gasteiger charge is 2.11. The molecule has 2 rings (SSSR count). The van der Waals surface area contributed by atoms with Gasteiger partial charge in [0.1, 0.15) is 4.21 Å². The van der Waals surface area contributed by atoms with Crippen LogP contribution in [0.2, 0.25) is 0 Å². The molecule has 24 heavy (non-hydrogen) atoms. The molecule has 0 aliphatic carbocycles. The molecule has 0 aliphatic heterocycles. The van der Waals surface area contributed by atoms with Crippen molar-refractivity contribution in [1.29, 1.82) is 0 Å². The first-order valence-corrected chi connectivity index (χ1v) is 10.7. The lowest BCUT2D eigenvalue weighted by molar-refractivity contribution is 0.562. The van der Waals surface area contributed by atoms with Crippen LogP contribution in [0.4, 0.5) is 0 Å². The summed E-state index contributed by atoms with van der Waals surface area (Å²) in [5.74, 6) is 1.18. The third-order valence-electron chi connectivity index (χ3n) is 3.32. The quantitative estimate of drug-likeness (QED) is 0.501. The molecular formula is C15H22N4O2S3. The van der Waals surface area contributed by atoms with E-state index >= 15 is 0 Å². The molecule has 0 radical (unpaired) electrons. The Kier molecular flexibility index (Phi) is 6.79. The summed E-state index contributed by atoms with van der Waals surface area (Å²) in [6.45, 7) is 3.50. The van der Waals surface area contributed by atoms with Crippen molar-refractivity contribution in [2.75, 3.05) is 13.6 Å². The van der Waals surface area contributed by atoms with Gasteiger partial charge in [0.05, 0.1) is 6.54 Å². The van der Waals surface area contributed by atoms with Crippen LogP contribution in [0.1, 0.15) is 16.7 Å². The SMILES string of the molecule is CN=C(NCc1ccc(S(N)(=O)=O)s1)NCC(C)Cc1cccs1. The van der Waals surface area contributed by atoms with Crippen molar-refractivity contribution >= 4 is 38.7 Å². The Balaban J connectivity index is 1.79. The predicted molar refractivity (Wildman–Crippen MR) is 101 cm³/mol. The number of primary sulfonamides is 1. The number of hydrogen-bond acceptors (Lipinski definition) is 5. The van der Waals surface area contributed by atoms with E-state index in [1.165, 1.54) is 10.9 Å². The molecule has 132 valence electrons. The Hall–Kier alpha value is -1.42. The average molecular weight is 387 g/mol. The third kappa shape index (κ3) is 5.90. The molecule has 0 saturated heterocycles. The molecule has 0 spiro atoms. The molecule has 0 fully saturated rings. The minimum atomic E-state index is -3.63. The first-order chi connectivity index (χ1) is 11.4. The molecule has 1 unspecified atom stereocenters. The first kappa shape index (κ1) is 18.9. The van der Waals surface area contributed by atoms with E-state index in [4.69, 9.17) is 5.14 Å². The van der Waals surface area contributed by atoms with Crippen LogP contribution < -0.4 is 15.8 Å². The summed E-state index contributed by atoms with van der Waals surface area (Å²) in [5.41, 5.74) is 0. The summed E-state index contributed by atoms with van der Waals surface area (Å²) in [7, 11) is -1.91. The van der Waals surface area contributed by atoms with Crippen molar-refractivity contribution in [1.82, 2.24) is 10.6 Å². The highest BCUT2D eigenvalue weighted by Crippen LogP contribution is 2.20. The van der Waals surface area contributed by atoms with Crippen LogP contribution in [0.15, 0.2) is 38.8 Å². The van der Waals surface area contributed by atoms with Gasteiger partial charge in [-0.3, -0.25) is 4.99 Å². The second-order valence-corrected chi connectivity index (χ2v) is 9.45. The molecule has 0 aliphatic rings. The lowest BCUT2D eigenvalue weighted by Crippen LogP contribution is -2.39. The summed E-state index contributed by atoms with van der Waals surface area (Å²) < 4.78 is 22.7. The van der Waals surface area contributed by atoms with Gasteiger partial charge in [0.25, 0.3) is 0 Å². The van der Waals surface area contributed by atoms with E-state index in [2.05, 4.69) is 40.1 Å². The number of thiophene rings is 2. The zero-order valence-corrected chi connectivity index (χ0v) is 16.1. The zero-order valence-electron chi connectivity index (χ0n) is 13.7. The smallest absolute Gasteiger partial charge is 0.247 e. The van der Waals surface area contributed by atoms with Gasteiger partial charge < -0.3 is 10.6 Å². The Bertz CT molecular complexity index is 767. The zero-order chi connectivity index (χ0) is 17.6. The van der Waals surface area contributed by atoms with Gasteiger partial charge in [-0.2, -0.15) is 0 Å². The molecule has 2 heterocycles. The Labute approximate surface area is 150 Å². The normalized spacial score (nSPS) is 13.7. The summed E-state index contributed by atoms with van der Waals surface area (Å²) in [5, 5.41) is 13.7. The number of rotatable bonds is 7. The van der Waals surface area contributed by atoms with Gasteiger partial charge in [0, 0.05) is 23.3 Å². The monoisotopic (exact) mass is 386 g/mol. The standard InChI is InChI=1S/C15H22N4O2S3/c1-11(8-12-4-3-7-22-12)9-18-15(17-2)19-10-13-5-6-14(23-13)24(16,20)21/h3-7,11H,8-10H2,1-2H3,(H2,16,20,21)(H2,17,18,19). The number of nitrogens with one attached hydrogen (secondary N) is 2. The Morgan fingerprint density at radius 2 is 2.08 bits per heavy atom. The van der Waals surface area contributed by atoms with Gasteiger partial charge in [-0.1, -0.05) is 13.0 Å². The maximum atomic E-state index is 11.3. The van der Waals surface area contributed by atoms with E-state index in [0.29, 0.717) is 18.4 Å². The largest absolute Gasteiger partial charge is 0.356 e. The van der Waals surface area contributed by atoms with Crippen LogP contribution in [0.5, 0.6) is 0 Å². The molecule has 0 bridgehead atoms. The Morgan fingerprint density at radius 3 is 2.67 bits per heavy atom. The third-order valence-corrected chi connectivity index (χ3v) is 6.74. The fraction of sp³-hybridized carbons (Fsp3) is 0.400. The number of nitrogens with zero attached hydrogens (tertiary/aromatic N) is 1. The van der Waals surface area contributed by atoms with Gasteiger partial charge in [-0.15, -0.1) is 22.7 Å². The van der Waals surface area contributed by atoms with Gasteiger partial charge in [-0.05, 0) is 35.9 Å². The highest BCUT2D eigenvalue weighted by atomic mass is 32.2. The van der Waals surface area contributed by atoms with Gasteiger partial charge in [0.2, 0.25) is 10.0 Å². The molecule has 9 heteroatoms. The maximum Gasteiger partial charge on any atom is 0.247 e.